The van der Waals surface area contributed by atoms with Crippen molar-refractivity contribution in [2.24, 2.45) is 5.73 Å². The Balaban J connectivity index is 2.36. The van der Waals surface area contributed by atoms with E-state index in [1.807, 2.05) is 30.3 Å². The summed E-state index contributed by atoms with van der Waals surface area (Å²) in [6.07, 6.45) is 1.20. The Labute approximate surface area is 117 Å². The lowest BCUT2D eigenvalue weighted by atomic mass is 9.97. The normalized spacial score (nSPS) is 14.1. The summed E-state index contributed by atoms with van der Waals surface area (Å²) in [5.41, 5.74) is 13.8. The van der Waals surface area contributed by atoms with Crippen LogP contribution in [0.3, 0.4) is 0 Å². The van der Waals surface area contributed by atoms with Crippen LogP contribution in [0.2, 0.25) is 5.02 Å². The van der Waals surface area contributed by atoms with Crippen molar-refractivity contribution in [3.8, 4) is 0 Å². The largest absolute Gasteiger partial charge is 0.383 e. The number of nitrogens with two attached hydrogens (primary N) is 2. The van der Waals surface area contributed by atoms with Crippen LogP contribution in [-0.2, 0) is 4.74 Å². The molecule has 2 aromatic rings. The van der Waals surface area contributed by atoms with E-state index in [-0.39, 0.29) is 6.10 Å². The predicted octanol–water partition coefficient (Wildman–Crippen LogP) is 2.70. The van der Waals surface area contributed by atoms with E-state index in [9.17, 15) is 0 Å². The van der Waals surface area contributed by atoms with Gasteiger partial charge in [-0.05, 0) is 11.6 Å². The van der Waals surface area contributed by atoms with Crippen molar-refractivity contribution in [1.82, 2.24) is 4.98 Å². The monoisotopic (exact) mass is 277 g/mol. The van der Waals surface area contributed by atoms with Gasteiger partial charge in [-0.1, -0.05) is 41.9 Å². The van der Waals surface area contributed by atoms with Gasteiger partial charge in [-0.25, -0.2) is 4.98 Å². The van der Waals surface area contributed by atoms with Crippen LogP contribution in [0.1, 0.15) is 23.3 Å². The van der Waals surface area contributed by atoms with Crippen molar-refractivity contribution in [2.75, 3.05) is 12.8 Å². The number of benzene rings is 1. The summed E-state index contributed by atoms with van der Waals surface area (Å²) in [5, 5.41) is 0.502. The summed E-state index contributed by atoms with van der Waals surface area (Å²) in [6, 6.07) is 11.0. The smallest absolute Gasteiger partial charge is 0.128 e. The zero-order valence-electron chi connectivity index (χ0n) is 10.6. The molecule has 19 heavy (non-hydrogen) atoms. The van der Waals surface area contributed by atoms with Crippen LogP contribution in [0.15, 0.2) is 42.6 Å². The molecule has 0 aliphatic heterocycles. The molecule has 2 atom stereocenters. The van der Waals surface area contributed by atoms with Gasteiger partial charge in [0.25, 0.3) is 0 Å². The number of hydrogen-bond donors (Lipinski definition) is 2. The average Bonchev–Trinajstić information content (AvgIpc) is 2.43. The molecule has 0 aliphatic carbocycles. The molecule has 1 heterocycles. The molecule has 0 bridgehead atoms. The highest BCUT2D eigenvalue weighted by molar-refractivity contribution is 6.30. The standard InChI is InChI=1S/C14H16ClN3O/c1-19-13(9-5-3-2-4-6-9)12(16)11-7-10(15)8-18-14(11)17/h2-8,12-13H,16H2,1H3,(H2,17,18). The van der Waals surface area contributed by atoms with E-state index in [0.29, 0.717) is 16.4 Å². The highest BCUT2D eigenvalue weighted by Crippen LogP contribution is 2.32. The second-order valence-electron chi connectivity index (χ2n) is 4.22. The van der Waals surface area contributed by atoms with Crippen molar-refractivity contribution < 1.29 is 4.74 Å². The van der Waals surface area contributed by atoms with Crippen molar-refractivity contribution in [3.05, 3.63) is 58.7 Å². The first-order valence-electron chi connectivity index (χ1n) is 5.87. The van der Waals surface area contributed by atoms with Crippen molar-refractivity contribution in [2.45, 2.75) is 12.1 Å². The summed E-state index contributed by atoms with van der Waals surface area (Å²) in [6.45, 7) is 0. The molecule has 2 unspecified atom stereocenters. The quantitative estimate of drug-likeness (QED) is 0.901. The lowest BCUT2D eigenvalue weighted by molar-refractivity contribution is 0.0803. The molecular weight excluding hydrogens is 262 g/mol. The molecule has 0 aliphatic rings. The number of aromatic nitrogens is 1. The van der Waals surface area contributed by atoms with Crippen LogP contribution in [0, 0.1) is 0 Å². The number of hydrogen-bond acceptors (Lipinski definition) is 4. The molecule has 0 fully saturated rings. The van der Waals surface area contributed by atoms with Gasteiger partial charge in [-0.2, -0.15) is 0 Å². The first kappa shape index (κ1) is 13.8. The number of methoxy groups -OCH3 is 1. The number of nitrogens with zero attached hydrogens (tertiary/aromatic N) is 1. The number of ether oxygens (including phenoxy) is 1. The molecule has 0 radical (unpaired) electrons. The molecule has 100 valence electrons. The van der Waals surface area contributed by atoms with E-state index >= 15 is 0 Å². The lowest BCUT2D eigenvalue weighted by Gasteiger charge is -2.24. The zero-order chi connectivity index (χ0) is 13.8. The van der Waals surface area contributed by atoms with Gasteiger partial charge < -0.3 is 16.2 Å². The van der Waals surface area contributed by atoms with Gasteiger partial charge in [0.1, 0.15) is 11.9 Å². The first-order valence-corrected chi connectivity index (χ1v) is 6.25. The molecule has 1 aromatic carbocycles. The molecular formula is C14H16ClN3O. The van der Waals surface area contributed by atoms with E-state index in [2.05, 4.69) is 4.98 Å². The van der Waals surface area contributed by atoms with Crippen molar-refractivity contribution in [3.63, 3.8) is 0 Å². The van der Waals surface area contributed by atoms with Gasteiger partial charge in [0.15, 0.2) is 0 Å². The molecule has 1 aromatic heterocycles. The molecule has 4 nitrogen and oxygen atoms in total. The third-order valence-electron chi connectivity index (χ3n) is 2.98. The van der Waals surface area contributed by atoms with Gasteiger partial charge in [-0.15, -0.1) is 0 Å². The molecule has 2 rings (SSSR count). The van der Waals surface area contributed by atoms with Crippen LogP contribution in [0.25, 0.3) is 0 Å². The minimum Gasteiger partial charge on any atom is -0.383 e. The van der Waals surface area contributed by atoms with Crippen molar-refractivity contribution in [1.29, 1.82) is 0 Å². The van der Waals surface area contributed by atoms with Crippen LogP contribution in [0.5, 0.6) is 0 Å². The summed E-state index contributed by atoms with van der Waals surface area (Å²) >= 11 is 5.94. The fourth-order valence-electron chi connectivity index (χ4n) is 2.03. The van der Waals surface area contributed by atoms with E-state index in [4.69, 9.17) is 27.8 Å². The van der Waals surface area contributed by atoms with Crippen LogP contribution < -0.4 is 11.5 Å². The number of halogens is 1. The summed E-state index contributed by atoms with van der Waals surface area (Å²) in [4.78, 5) is 4.02. The van der Waals surface area contributed by atoms with Crippen LogP contribution in [-0.4, -0.2) is 12.1 Å². The Kier molecular flexibility index (Phi) is 4.37. The maximum absolute atomic E-state index is 6.25. The number of rotatable bonds is 4. The van der Waals surface area contributed by atoms with Gasteiger partial charge in [-0.3, -0.25) is 0 Å². The van der Waals surface area contributed by atoms with E-state index in [0.717, 1.165) is 5.56 Å². The number of anilines is 1. The van der Waals surface area contributed by atoms with Gasteiger partial charge in [0.2, 0.25) is 0 Å². The van der Waals surface area contributed by atoms with Gasteiger partial charge in [0.05, 0.1) is 11.1 Å². The third kappa shape index (κ3) is 3.04. The van der Waals surface area contributed by atoms with Crippen LogP contribution >= 0.6 is 11.6 Å². The maximum Gasteiger partial charge on any atom is 0.128 e. The van der Waals surface area contributed by atoms with Gasteiger partial charge in [0, 0.05) is 18.9 Å². The Morgan fingerprint density at radius 1 is 1.26 bits per heavy atom. The third-order valence-corrected chi connectivity index (χ3v) is 3.19. The first-order chi connectivity index (χ1) is 9.13. The second kappa shape index (κ2) is 6.02. The SMILES string of the molecule is COC(c1ccccc1)C(N)c1cc(Cl)cnc1N. The molecule has 0 saturated heterocycles. The lowest BCUT2D eigenvalue weighted by Crippen LogP contribution is -2.22. The topological polar surface area (TPSA) is 74.2 Å². The summed E-state index contributed by atoms with van der Waals surface area (Å²) in [7, 11) is 1.62. The van der Waals surface area contributed by atoms with Gasteiger partial charge >= 0.3 is 0 Å². The molecule has 5 heteroatoms. The Morgan fingerprint density at radius 2 is 1.95 bits per heavy atom. The maximum atomic E-state index is 6.25. The fourth-order valence-corrected chi connectivity index (χ4v) is 2.19. The Morgan fingerprint density at radius 3 is 2.58 bits per heavy atom. The predicted molar refractivity (Wildman–Crippen MR) is 76.8 cm³/mol. The minimum absolute atomic E-state index is 0.302. The zero-order valence-corrected chi connectivity index (χ0v) is 11.3. The highest BCUT2D eigenvalue weighted by atomic mass is 35.5. The number of pyridine rings is 1. The Hall–Kier alpha value is -1.62. The fraction of sp³-hybridized carbons (Fsp3) is 0.214. The summed E-state index contributed by atoms with van der Waals surface area (Å²) < 4.78 is 5.50. The second-order valence-corrected chi connectivity index (χ2v) is 4.66. The van der Waals surface area contributed by atoms with E-state index < -0.39 is 6.04 Å². The highest BCUT2D eigenvalue weighted by Gasteiger charge is 2.23. The molecule has 0 amide bonds. The molecule has 0 saturated carbocycles. The molecule has 0 spiro atoms. The average molecular weight is 278 g/mol. The van der Waals surface area contributed by atoms with E-state index in [1.54, 1.807) is 13.2 Å². The van der Waals surface area contributed by atoms with Crippen molar-refractivity contribution >= 4 is 17.4 Å². The Bertz CT molecular complexity index is 548. The summed E-state index contributed by atoms with van der Waals surface area (Å²) in [5.74, 6) is 0.370. The van der Waals surface area contributed by atoms with E-state index in [1.165, 1.54) is 6.20 Å². The molecule has 4 N–H and O–H groups in total. The minimum atomic E-state index is -0.432. The van der Waals surface area contributed by atoms with Crippen LogP contribution in [0.4, 0.5) is 5.82 Å². The number of nitrogen functional groups attached to an aromatic ring is 1.